The average molecular weight is 329 g/mol. The molecule has 4 heteroatoms. The quantitative estimate of drug-likeness (QED) is 0.869. The first-order valence-corrected chi connectivity index (χ1v) is 8.75. The van der Waals surface area contributed by atoms with Gasteiger partial charge in [0.15, 0.2) is 0 Å². The largest absolute Gasteiger partial charge is 0.312 e. The maximum atomic E-state index is 6.27. The zero-order valence-corrected chi connectivity index (χ0v) is 14.6. The Balaban J connectivity index is 1.91. The molecule has 1 aliphatic rings. The van der Waals surface area contributed by atoms with Crippen molar-refractivity contribution in [2.75, 3.05) is 26.2 Å². The van der Waals surface area contributed by atoms with E-state index in [1.54, 1.807) is 0 Å². The molecule has 2 atom stereocenters. The Labute approximate surface area is 138 Å². The van der Waals surface area contributed by atoms with Crippen molar-refractivity contribution >= 4 is 23.2 Å². The fourth-order valence-electron chi connectivity index (χ4n) is 2.90. The molecule has 1 fully saturated rings. The third-order valence-corrected chi connectivity index (χ3v) is 5.14. The fraction of sp³-hybridized carbons (Fsp3) is 0.647. The van der Waals surface area contributed by atoms with Crippen molar-refractivity contribution in [1.82, 2.24) is 10.2 Å². The molecule has 1 saturated heterocycles. The molecule has 0 bridgehead atoms. The van der Waals surface area contributed by atoms with Crippen molar-refractivity contribution in [3.8, 4) is 0 Å². The van der Waals surface area contributed by atoms with E-state index in [1.165, 1.54) is 24.9 Å². The Kier molecular flexibility index (Phi) is 6.81. The van der Waals surface area contributed by atoms with Crippen LogP contribution in [0.2, 0.25) is 10.0 Å². The van der Waals surface area contributed by atoms with Crippen molar-refractivity contribution in [3.63, 3.8) is 0 Å². The molecule has 2 nitrogen and oxygen atoms in total. The topological polar surface area (TPSA) is 15.3 Å². The van der Waals surface area contributed by atoms with Crippen LogP contribution in [0, 0.1) is 5.92 Å². The van der Waals surface area contributed by atoms with Gasteiger partial charge in [0.05, 0.1) is 0 Å². The van der Waals surface area contributed by atoms with Gasteiger partial charge >= 0.3 is 0 Å². The van der Waals surface area contributed by atoms with E-state index in [4.69, 9.17) is 23.2 Å². The van der Waals surface area contributed by atoms with Crippen LogP contribution in [0.5, 0.6) is 0 Å². The van der Waals surface area contributed by atoms with Crippen LogP contribution in [0.25, 0.3) is 0 Å². The van der Waals surface area contributed by atoms with Gasteiger partial charge in [0.2, 0.25) is 0 Å². The van der Waals surface area contributed by atoms with E-state index in [2.05, 4.69) is 24.1 Å². The maximum absolute atomic E-state index is 6.27. The molecule has 0 aromatic heterocycles. The van der Waals surface area contributed by atoms with E-state index in [-0.39, 0.29) is 0 Å². The summed E-state index contributed by atoms with van der Waals surface area (Å²) in [6, 6.07) is 6.42. The summed E-state index contributed by atoms with van der Waals surface area (Å²) in [6.45, 7) is 9.13. The molecule has 0 radical (unpaired) electrons. The van der Waals surface area contributed by atoms with Crippen LogP contribution in [0.4, 0.5) is 0 Å². The minimum Gasteiger partial charge on any atom is -0.312 e. The predicted octanol–water partition coefficient (Wildman–Crippen LogP) is 4.25. The first-order chi connectivity index (χ1) is 10.1. The lowest BCUT2D eigenvalue weighted by atomic mass is 9.99. The van der Waals surface area contributed by atoms with Crippen LogP contribution in [0.3, 0.4) is 0 Å². The predicted molar refractivity (Wildman–Crippen MR) is 92.5 cm³/mol. The molecular weight excluding hydrogens is 303 g/mol. The van der Waals surface area contributed by atoms with Crippen LogP contribution in [-0.2, 0) is 6.42 Å². The minimum atomic E-state index is 0.609. The summed E-state index contributed by atoms with van der Waals surface area (Å²) in [5.41, 5.74) is 1.19. The highest BCUT2D eigenvalue weighted by Gasteiger charge is 2.21. The molecule has 1 aromatic rings. The Morgan fingerprint density at radius 1 is 1.38 bits per heavy atom. The SMILES string of the molecule is CCC(C)C1CN(CCc2ccc(Cl)cc2Cl)CCCN1. The van der Waals surface area contributed by atoms with E-state index < -0.39 is 0 Å². The molecule has 1 aliphatic heterocycles. The molecule has 1 aromatic carbocycles. The minimum absolute atomic E-state index is 0.609. The number of rotatable bonds is 5. The van der Waals surface area contributed by atoms with Gasteiger partial charge in [0.25, 0.3) is 0 Å². The first-order valence-electron chi connectivity index (χ1n) is 7.99. The zero-order valence-electron chi connectivity index (χ0n) is 13.0. The number of halogens is 2. The normalized spacial score (nSPS) is 22.0. The van der Waals surface area contributed by atoms with Gasteiger partial charge in [0, 0.05) is 29.2 Å². The van der Waals surface area contributed by atoms with Crippen LogP contribution >= 0.6 is 23.2 Å². The molecule has 0 amide bonds. The molecule has 2 unspecified atom stereocenters. The van der Waals surface area contributed by atoms with Gasteiger partial charge in [-0.25, -0.2) is 0 Å². The van der Waals surface area contributed by atoms with Gasteiger partial charge < -0.3 is 10.2 Å². The summed E-state index contributed by atoms with van der Waals surface area (Å²) in [6.07, 6.45) is 3.44. The summed E-state index contributed by atoms with van der Waals surface area (Å²) in [5, 5.41) is 5.19. The van der Waals surface area contributed by atoms with E-state index >= 15 is 0 Å². The van der Waals surface area contributed by atoms with E-state index in [1.807, 2.05) is 18.2 Å². The summed E-state index contributed by atoms with van der Waals surface area (Å²) in [4.78, 5) is 2.57. The van der Waals surface area contributed by atoms with Crippen molar-refractivity contribution in [3.05, 3.63) is 33.8 Å². The number of nitrogens with zero attached hydrogens (tertiary/aromatic N) is 1. The van der Waals surface area contributed by atoms with Gasteiger partial charge in [0.1, 0.15) is 0 Å². The second-order valence-electron chi connectivity index (χ2n) is 6.09. The van der Waals surface area contributed by atoms with Gasteiger partial charge in [-0.2, -0.15) is 0 Å². The fourth-order valence-corrected chi connectivity index (χ4v) is 3.40. The van der Waals surface area contributed by atoms with Crippen LogP contribution < -0.4 is 5.32 Å². The number of benzene rings is 1. The lowest BCUT2D eigenvalue weighted by Gasteiger charge is -2.28. The van der Waals surface area contributed by atoms with Crippen molar-refractivity contribution in [2.24, 2.45) is 5.92 Å². The monoisotopic (exact) mass is 328 g/mol. The van der Waals surface area contributed by atoms with Gasteiger partial charge in [-0.05, 0) is 49.5 Å². The smallest absolute Gasteiger partial charge is 0.0453 e. The molecule has 21 heavy (non-hydrogen) atoms. The van der Waals surface area contributed by atoms with Crippen LogP contribution in [0.1, 0.15) is 32.3 Å². The second-order valence-corrected chi connectivity index (χ2v) is 6.93. The summed E-state index contributed by atoms with van der Waals surface area (Å²) < 4.78 is 0. The van der Waals surface area contributed by atoms with Crippen LogP contribution in [-0.4, -0.2) is 37.1 Å². The average Bonchev–Trinajstić information content (AvgIpc) is 2.71. The van der Waals surface area contributed by atoms with Crippen molar-refractivity contribution in [1.29, 1.82) is 0 Å². The maximum Gasteiger partial charge on any atom is 0.0453 e. The summed E-state index contributed by atoms with van der Waals surface area (Å²) in [7, 11) is 0. The Hall–Kier alpha value is -0.280. The third kappa shape index (κ3) is 5.14. The molecule has 2 rings (SSSR count). The Morgan fingerprint density at radius 3 is 2.90 bits per heavy atom. The van der Waals surface area contributed by atoms with Crippen molar-refractivity contribution in [2.45, 2.75) is 39.2 Å². The van der Waals surface area contributed by atoms with Gasteiger partial charge in [-0.15, -0.1) is 0 Å². The Morgan fingerprint density at radius 2 is 2.19 bits per heavy atom. The van der Waals surface area contributed by atoms with E-state index in [0.717, 1.165) is 37.0 Å². The Bertz CT molecular complexity index is 450. The van der Waals surface area contributed by atoms with Crippen molar-refractivity contribution < 1.29 is 0 Å². The molecule has 1 heterocycles. The number of hydrogen-bond acceptors (Lipinski definition) is 2. The molecule has 1 N–H and O–H groups in total. The standard InChI is InChI=1S/C17H26Cl2N2/c1-3-13(2)17-12-21(9-4-8-20-17)10-7-14-5-6-15(18)11-16(14)19/h5-6,11,13,17,20H,3-4,7-10,12H2,1-2H3. The van der Waals surface area contributed by atoms with E-state index in [9.17, 15) is 0 Å². The highest BCUT2D eigenvalue weighted by Crippen LogP contribution is 2.22. The number of nitrogens with one attached hydrogen (secondary N) is 1. The summed E-state index contributed by atoms with van der Waals surface area (Å²) in [5.74, 6) is 0.727. The highest BCUT2D eigenvalue weighted by atomic mass is 35.5. The van der Waals surface area contributed by atoms with Gasteiger partial charge in [-0.3, -0.25) is 0 Å². The zero-order chi connectivity index (χ0) is 15.2. The third-order valence-electron chi connectivity index (χ3n) is 4.56. The molecule has 118 valence electrons. The van der Waals surface area contributed by atoms with Crippen LogP contribution in [0.15, 0.2) is 18.2 Å². The van der Waals surface area contributed by atoms with Gasteiger partial charge in [-0.1, -0.05) is 49.5 Å². The molecule has 0 spiro atoms. The molecular formula is C17H26Cl2N2. The summed E-state index contributed by atoms with van der Waals surface area (Å²) >= 11 is 12.2. The van der Waals surface area contributed by atoms with E-state index in [0.29, 0.717) is 11.1 Å². The highest BCUT2D eigenvalue weighted by molar-refractivity contribution is 6.35. The lowest BCUT2D eigenvalue weighted by Crippen LogP contribution is -2.42. The first kappa shape index (κ1) is 17.1. The lowest BCUT2D eigenvalue weighted by molar-refractivity contribution is 0.240. The molecule has 0 aliphatic carbocycles. The number of hydrogen-bond donors (Lipinski definition) is 1. The second kappa shape index (κ2) is 8.38. The molecule has 0 saturated carbocycles.